The van der Waals surface area contributed by atoms with E-state index in [1.807, 2.05) is 6.07 Å². The van der Waals surface area contributed by atoms with Crippen molar-refractivity contribution in [3.8, 4) is 6.07 Å². The van der Waals surface area contributed by atoms with Crippen LogP contribution in [0.15, 0.2) is 18.2 Å². The lowest BCUT2D eigenvalue weighted by Crippen LogP contribution is -2.39. The molecule has 1 aromatic rings. The summed E-state index contributed by atoms with van der Waals surface area (Å²) in [5.41, 5.74) is 0.596. The van der Waals surface area contributed by atoms with E-state index in [0.29, 0.717) is 17.1 Å². The lowest BCUT2D eigenvalue weighted by atomic mass is 9.99. The highest BCUT2D eigenvalue weighted by Gasteiger charge is 2.24. The number of carbonyl (C=O) groups excluding carboxylic acids is 1. The fraction of sp³-hybridized carbons (Fsp3) is 0.385. The largest absolute Gasteiger partial charge is 0.337 e. The van der Waals surface area contributed by atoms with E-state index < -0.39 is 0 Å². The Balaban J connectivity index is 2.15. The molecule has 0 bridgehead atoms. The Morgan fingerprint density at radius 2 is 2.33 bits per heavy atom. The summed E-state index contributed by atoms with van der Waals surface area (Å²) in [6, 6.07) is 7.55. The lowest BCUT2D eigenvalue weighted by molar-refractivity contribution is 0.0699. The van der Waals surface area contributed by atoms with Crippen molar-refractivity contribution in [3.63, 3.8) is 0 Å². The van der Waals surface area contributed by atoms with E-state index in [2.05, 4.69) is 28.7 Å². The van der Waals surface area contributed by atoms with Gasteiger partial charge in [0.25, 0.3) is 5.91 Å². The van der Waals surface area contributed by atoms with E-state index in [1.165, 1.54) is 0 Å². The van der Waals surface area contributed by atoms with Gasteiger partial charge in [-0.1, -0.05) is 11.6 Å². The molecule has 18 heavy (non-hydrogen) atoms. The second-order valence-electron chi connectivity index (χ2n) is 4.35. The topological polar surface area (TPSA) is 44.1 Å². The summed E-state index contributed by atoms with van der Waals surface area (Å²) in [6.07, 6.45) is 1.77. The van der Waals surface area contributed by atoms with Crippen LogP contribution in [0.3, 0.4) is 0 Å². The molecule has 1 saturated heterocycles. The second-order valence-corrected chi connectivity index (χ2v) is 5.92. The van der Waals surface area contributed by atoms with Crippen molar-refractivity contribution < 1.29 is 4.79 Å². The van der Waals surface area contributed by atoms with Gasteiger partial charge in [-0.2, -0.15) is 5.26 Å². The van der Waals surface area contributed by atoms with Crippen LogP contribution in [0, 0.1) is 20.8 Å². The van der Waals surface area contributed by atoms with Crippen LogP contribution in [0.4, 0.5) is 0 Å². The third kappa shape index (κ3) is 2.96. The Hall–Kier alpha value is -0.800. The summed E-state index contributed by atoms with van der Waals surface area (Å²) >= 11 is 8.15. The van der Waals surface area contributed by atoms with Crippen LogP contribution in [0.5, 0.6) is 0 Å². The van der Waals surface area contributed by atoms with Gasteiger partial charge in [0.15, 0.2) is 0 Å². The minimum atomic E-state index is -0.0398. The van der Waals surface area contributed by atoms with Crippen LogP contribution >= 0.6 is 34.2 Å². The molecule has 0 aliphatic carbocycles. The van der Waals surface area contributed by atoms with Crippen LogP contribution in [0.1, 0.15) is 23.2 Å². The number of hydrogen-bond acceptors (Lipinski definition) is 2. The Morgan fingerprint density at radius 1 is 1.56 bits per heavy atom. The van der Waals surface area contributed by atoms with Crippen LogP contribution in [0.25, 0.3) is 0 Å². The van der Waals surface area contributed by atoms with Crippen molar-refractivity contribution in [2.24, 2.45) is 5.92 Å². The third-order valence-electron chi connectivity index (χ3n) is 3.06. The van der Waals surface area contributed by atoms with E-state index in [9.17, 15) is 4.79 Å². The van der Waals surface area contributed by atoms with Gasteiger partial charge < -0.3 is 4.90 Å². The zero-order valence-electron chi connectivity index (χ0n) is 9.70. The Bertz CT molecular complexity index is 512. The van der Waals surface area contributed by atoms with Gasteiger partial charge in [0, 0.05) is 22.2 Å². The number of benzene rings is 1. The molecule has 1 unspecified atom stereocenters. The van der Waals surface area contributed by atoms with E-state index in [4.69, 9.17) is 16.9 Å². The van der Waals surface area contributed by atoms with Gasteiger partial charge in [0.1, 0.15) is 0 Å². The number of hydrogen-bond donors (Lipinski definition) is 0. The SMILES string of the molecule is N#CC1CCCN(C(=O)c2ccc(I)c(Cl)c2)C1. The quantitative estimate of drug-likeness (QED) is 0.708. The van der Waals surface area contributed by atoms with E-state index in [1.54, 1.807) is 17.0 Å². The third-order valence-corrected chi connectivity index (χ3v) is 4.63. The molecule has 1 aliphatic heterocycles. The van der Waals surface area contributed by atoms with Crippen molar-refractivity contribution in [2.75, 3.05) is 13.1 Å². The van der Waals surface area contributed by atoms with Gasteiger partial charge in [0.05, 0.1) is 17.0 Å². The van der Waals surface area contributed by atoms with Crippen LogP contribution in [-0.2, 0) is 0 Å². The molecular formula is C13H12ClIN2O. The van der Waals surface area contributed by atoms with Crippen molar-refractivity contribution in [1.82, 2.24) is 4.90 Å². The average Bonchev–Trinajstić information content (AvgIpc) is 2.41. The smallest absolute Gasteiger partial charge is 0.253 e. The highest BCUT2D eigenvalue weighted by Crippen LogP contribution is 2.22. The molecule has 94 valence electrons. The van der Waals surface area contributed by atoms with Gasteiger partial charge in [0.2, 0.25) is 0 Å². The van der Waals surface area contributed by atoms with Crippen molar-refractivity contribution >= 4 is 40.1 Å². The summed E-state index contributed by atoms with van der Waals surface area (Å²) in [6.45, 7) is 1.25. The number of nitriles is 1. The first-order valence-electron chi connectivity index (χ1n) is 5.75. The molecule has 1 heterocycles. The van der Waals surface area contributed by atoms with Crippen LogP contribution in [0.2, 0.25) is 5.02 Å². The van der Waals surface area contributed by atoms with Crippen molar-refractivity contribution in [3.05, 3.63) is 32.4 Å². The molecule has 0 aromatic heterocycles. The first-order valence-corrected chi connectivity index (χ1v) is 7.21. The fourth-order valence-corrected chi connectivity index (χ4v) is 2.59. The number of nitrogens with zero attached hydrogens (tertiary/aromatic N) is 2. The van der Waals surface area contributed by atoms with Crippen LogP contribution < -0.4 is 0 Å². The van der Waals surface area contributed by atoms with Gasteiger partial charge >= 0.3 is 0 Å². The van der Waals surface area contributed by atoms with E-state index >= 15 is 0 Å². The monoisotopic (exact) mass is 374 g/mol. The molecule has 1 fully saturated rings. The maximum absolute atomic E-state index is 12.3. The zero-order valence-corrected chi connectivity index (χ0v) is 12.6. The number of halogens is 2. The normalized spacial score (nSPS) is 19.4. The summed E-state index contributed by atoms with van der Waals surface area (Å²) in [4.78, 5) is 14.0. The van der Waals surface area contributed by atoms with Gasteiger partial charge in [-0.25, -0.2) is 0 Å². The predicted molar refractivity (Wildman–Crippen MR) is 78.4 cm³/mol. The number of carbonyl (C=O) groups is 1. The summed E-state index contributed by atoms with van der Waals surface area (Å²) < 4.78 is 0.930. The molecule has 0 spiro atoms. The van der Waals surface area contributed by atoms with Gasteiger partial charge in [-0.3, -0.25) is 4.79 Å². The molecule has 0 radical (unpaired) electrons. The number of amides is 1. The average molecular weight is 375 g/mol. The molecule has 1 aliphatic rings. The molecule has 1 atom stereocenters. The Labute approximate surface area is 125 Å². The van der Waals surface area contributed by atoms with Crippen LogP contribution in [-0.4, -0.2) is 23.9 Å². The molecule has 3 nitrogen and oxygen atoms in total. The Morgan fingerprint density at radius 3 is 3.00 bits per heavy atom. The first-order chi connectivity index (χ1) is 8.61. The molecule has 0 saturated carbocycles. The number of piperidine rings is 1. The number of likely N-dealkylation sites (tertiary alicyclic amines) is 1. The Kier molecular flexibility index (Phi) is 4.46. The number of rotatable bonds is 1. The molecule has 2 rings (SSSR count). The van der Waals surface area contributed by atoms with E-state index in [0.717, 1.165) is 23.0 Å². The minimum Gasteiger partial charge on any atom is -0.337 e. The first kappa shape index (κ1) is 13.6. The highest BCUT2D eigenvalue weighted by molar-refractivity contribution is 14.1. The summed E-state index contributed by atoms with van der Waals surface area (Å²) in [5.74, 6) is -0.0738. The standard InChI is InChI=1S/C13H12ClIN2O/c14-11-6-10(3-4-12(11)15)13(18)17-5-1-2-9(7-16)8-17/h3-4,6,9H,1-2,5,8H2. The van der Waals surface area contributed by atoms with Crippen molar-refractivity contribution in [1.29, 1.82) is 5.26 Å². The summed E-state index contributed by atoms with van der Waals surface area (Å²) in [5, 5.41) is 9.52. The molecule has 1 amide bonds. The fourth-order valence-electron chi connectivity index (χ4n) is 2.08. The maximum atomic E-state index is 12.3. The lowest BCUT2D eigenvalue weighted by Gasteiger charge is -2.29. The zero-order chi connectivity index (χ0) is 13.1. The highest BCUT2D eigenvalue weighted by atomic mass is 127. The van der Waals surface area contributed by atoms with Gasteiger partial charge in [-0.15, -0.1) is 0 Å². The maximum Gasteiger partial charge on any atom is 0.253 e. The predicted octanol–water partition coefficient (Wildman–Crippen LogP) is 3.32. The summed E-state index contributed by atoms with van der Waals surface area (Å²) in [7, 11) is 0. The van der Waals surface area contributed by atoms with E-state index in [-0.39, 0.29) is 11.8 Å². The molecule has 1 aromatic carbocycles. The van der Waals surface area contributed by atoms with Crippen molar-refractivity contribution in [2.45, 2.75) is 12.8 Å². The minimum absolute atomic E-state index is 0.0340. The molecule has 5 heteroatoms. The molecule has 0 N–H and O–H groups in total. The molecular weight excluding hydrogens is 363 g/mol. The van der Waals surface area contributed by atoms with Gasteiger partial charge in [-0.05, 0) is 53.6 Å². The second kappa shape index (κ2) is 5.89.